The molecular formula is C75H87N9O20S. The number of hydrogen-bond donors (Lipinski definition) is 8. The van der Waals surface area contributed by atoms with Gasteiger partial charge in [0.1, 0.15) is 48.0 Å². The van der Waals surface area contributed by atoms with Crippen LogP contribution < -0.4 is 25.0 Å². The van der Waals surface area contributed by atoms with Gasteiger partial charge in [0.2, 0.25) is 12.2 Å². The maximum Gasteiger partial charge on any atom is 0.409 e. The summed E-state index contributed by atoms with van der Waals surface area (Å²) in [6.45, 7) is 9.67. The van der Waals surface area contributed by atoms with Gasteiger partial charge in [-0.2, -0.15) is 5.10 Å². The molecular weight excluding hydrogens is 1380 g/mol. The van der Waals surface area contributed by atoms with Crippen LogP contribution in [0.25, 0.3) is 27.4 Å². The first-order valence-corrected chi connectivity index (χ1v) is 35.8. The monoisotopic (exact) mass is 1470 g/mol. The number of carboxylic acids is 3. The number of aromatic carboxylic acids is 1. The Bertz CT molecular complexity index is 4320. The minimum Gasteiger partial charge on any atom is -0.482 e. The van der Waals surface area contributed by atoms with Crippen LogP contribution in [0.15, 0.2) is 91.2 Å². The van der Waals surface area contributed by atoms with Gasteiger partial charge < -0.3 is 69.4 Å². The molecule has 30 heteroatoms. The number of aliphatic hydroxyl groups excluding tert-OH is 3. The van der Waals surface area contributed by atoms with E-state index in [4.69, 9.17) is 33.8 Å². The number of thiazole rings is 1. The Morgan fingerprint density at radius 3 is 2.32 bits per heavy atom. The van der Waals surface area contributed by atoms with E-state index in [0.717, 1.165) is 46.5 Å². The van der Waals surface area contributed by atoms with Crippen LogP contribution in [0.1, 0.15) is 141 Å². The Morgan fingerprint density at radius 2 is 1.57 bits per heavy atom. The predicted octanol–water partition coefficient (Wildman–Crippen LogP) is 8.44. The largest absolute Gasteiger partial charge is 0.482 e. The maximum absolute atomic E-state index is 14.0. The van der Waals surface area contributed by atoms with Crippen molar-refractivity contribution in [3.8, 4) is 22.6 Å². The predicted molar refractivity (Wildman–Crippen MR) is 382 cm³/mol. The Morgan fingerprint density at radius 1 is 0.810 bits per heavy atom. The summed E-state index contributed by atoms with van der Waals surface area (Å²) in [6.07, 6.45) is 3.69. The van der Waals surface area contributed by atoms with Gasteiger partial charge in [-0.05, 0) is 147 Å². The average Bonchev–Trinajstić information content (AvgIpc) is 0.966. The molecule has 3 aromatic heterocycles. The minimum absolute atomic E-state index is 0.0402. The third-order valence-corrected chi connectivity index (χ3v) is 20.8. The number of carbonyl (C=O) groups excluding carboxylic acids is 6. The van der Waals surface area contributed by atoms with Crippen molar-refractivity contribution < 1.29 is 97.5 Å². The normalized spacial score (nSPS) is 22.6. The molecule has 1 saturated heterocycles. The molecule has 558 valence electrons. The number of unbranched alkanes of at least 4 members (excludes halogenated alkanes) is 2. The zero-order valence-corrected chi connectivity index (χ0v) is 59.8. The third kappa shape index (κ3) is 18.4. The number of aromatic nitrogens is 4. The first-order chi connectivity index (χ1) is 50.0. The van der Waals surface area contributed by atoms with Crippen LogP contribution in [0.5, 0.6) is 11.5 Å². The molecule has 3 unspecified atom stereocenters. The van der Waals surface area contributed by atoms with Crippen molar-refractivity contribution in [2.75, 3.05) is 62.0 Å². The van der Waals surface area contributed by atoms with Crippen LogP contribution in [0, 0.1) is 23.7 Å². The molecule has 2 aliphatic carbocycles. The Labute approximate surface area is 608 Å². The first-order valence-electron chi connectivity index (χ1n) is 35.0. The molecule has 5 amide bonds. The van der Waals surface area contributed by atoms with E-state index in [-0.39, 0.29) is 110 Å². The van der Waals surface area contributed by atoms with Crippen LogP contribution in [0.4, 0.5) is 21.4 Å². The quantitative estimate of drug-likeness (QED) is 0.0149. The number of likely N-dealkylation sites (N-methyl/N-ethyl adjacent to an activating group) is 1. The number of nitrogens with zero attached hydrogens (tertiary/aromatic N) is 7. The number of pyridine rings is 1. The van der Waals surface area contributed by atoms with Crippen molar-refractivity contribution in [3.63, 3.8) is 0 Å². The summed E-state index contributed by atoms with van der Waals surface area (Å²) >= 11 is 1.33. The van der Waals surface area contributed by atoms with Gasteiger partial charge in [-0.15, -0.1) is 0 Å². The van der Waals surface area contributed by atoms with E-state index in [9.17, 15) is 73.8 Å². The summed E-state index contributed by atoms with van der Waals surface area (Å²) < 4.78 is 32.3. The fraction of sp³-hybridized carbons (Fsp3) is 0.467. The van der Waals surface area contributed by atoms with Crippen molar-refractivity contribution in [1.82, 2.24) is 29.5 Å². The van der Waals surface area contributed by atoms with Crippen LogP contribution in [-0.4, -0.2) is 196 Å². The van der Waals surface area contributed by atoms with Crippen LogP contribution >= 0.6 is 11.3 Å². The highest BCUT2D eigenvalue weighted by atomic mass is 32.1. The van der Waals surface area contributed by atoms with Crippen LogP contribution in [-0.2, 0) is 62.5 Å². The smallest absolute Gasteiger partial charge is 0.409 e. The number of fused-ring (bicyclic) bond motifs is 4. The second-order valence-corrected chi connectivity index (χ2v) is 29.8. The highest BCUT2D eigenvalue weighted by Crippen LogP contribution is 2.60. The van der Waals surface area contributed by atoms with Crippen molar-refractivity contribution in [3.05, 3.63) is 125 Å². The molecule has 0 spiro atoms. The molecule has 0 radical (unpaired) electrons. The van der Waals surface area contributed by atoms with Crippen molar-refractivity contribution in [1.29, 1.82) is 0 Å². The lowest BCUT2D eigenvalue weighted by atomic mass is 9.51. The topological polar surface area (TPSA) is 399 Å². The van der Waals surface area contributed by atoms with Crippen molar-refractivity contribution in [2.45, 2.75) is 161 Å². The zero-order valence-electron chi connectivity index (χ0n) is 59.0. The summed E-state index contributed by atoms with van der Waals surface area (Å²) in [6, 6.07) is 18.6. The van der Waals surface area contributed by atoms with E-state index in [2.05, 4.69) is 36.4 Å². The molecule has 105 heavy (non-hydrogen) atoms. The zero-order chi connectivity index (χ0) is 75.1. The maximum atomic E-state index is 14.0. The lowest BCUT2D eigenvalue weighted by Gasteiger charge is -2.58. The second-order valence-electron chi connectivity index (χ2n) is 28.8. The number of Topliss-reactive ketones (excluding diaryl/α,β-unsaturated/α-hetero) is 1. The fourth-order valence-corrected chi connectivity index (χ4v) is 16.5. The molecule has 11 rings (SSSR count). The van der Waals surface area contributed by atoms with Gasteiger partial charge in [0.05, 0.1) is 34.3 Å². The van der Waals surface area contributed by atoms with E-state index in [1.165, 1.54) is 40.5 Å². The molecule has 6 aromatic rings. The number of anilines is 3. The molecule has 8 atom stereocenters. The molecule has 3 aromatic carbocycles. The lowest BCUT2D eigenvalue weighted by molar-refractivity contribution is -0.271. The Hall–Kier alpha value is -9.98. The number of aliphatic carboxylic acids is 2. The number of hydrogen-bond acceptors (Lipinski definition) is 22. The molecule has 3 aliphatic heterocycles. The number of nitrogens with one attached hydrogen (secondary N) is 2. The standard InChI is InChI=1S/C75H87N9O20S/c1-43-50(48-21-24-57(79-62(48)68(95)96)82-29-27-47-51(38-82)49(20-23-54(47)101-39-61(89)90)67(94)80-71-78-52-16-8-9-17-56(52)105-71)36-76-84(43)37-45-34-74(4)40-73(2,3)41-75(35-45,42-74)102-32-30-81(5)72(99)100-31-12-13-44-19-22-55(103-70-65(93)63(91)64(92)66(104-70)69(97)98)53(33-44)77-58(86)18-11-15-46(85)14-7-6-10-28-83-59(87)25-26-60(83)88/h8-9,12-13,16-17,19-26,33,36,45,63-66,70,91-93H,6-7,10-11,14-15,18,27-32,34-35,37-42H2,1-5H3,(H,77,86)(H,89,90)(H,95,96)(H,97,98)(H,78,80,94)/b13-12+/t45?,63-,64-,65+,66-,70+,74?,75?/m0/s1. The molecule has 8 N–H and O–H groups in total. The van der Waals surface area contributed by atoms with Gasteiger partial charge >= 0.3 is 24.0 Å². The molecule has 2 bridgehead atoms. The third-order valence-electron chi connectivity index (χ3n) is 19.8. The molecule has 6 heterocycles. The number of para-hydroxylation sites is 1. The number of ether oxygens (including phenoxy) is 5. The van der Waals surface area contributed by atoms with Gasteiger partial charge in [-0.1, -0.05) is 62.8 Å². The van der Waals surface area contributed by atoms with E-state index >= 15 is 0 Å². The van der Waals surface area contributed by atoms with Crippen molar-refractivity contribution >= 4 is 97.7 Å². The summed E-state index contributed by atoms with van der Waals surface area (Å²) in [4.78, 5) is 128. The van der Waals surface area contributed by atoms with Gasteiger partial charge in [-0.25, -0.2) is 29.1 Å². The number of carboxylic acid groups (broad SMARTS) is 3. The number of imide groups is 1. The SMILES string of the molecule is Cc1c(-c2ccc(N3CCc4c(OCC(=O)O)ccc(C(=O)Nc5nc6ccccc6s5)c4C3)nc2C(=O)O)cnn1CC1CC2(C)CC(C)(C)CC(OCCN(C)C(=O)OC/C=C/c3ccc(O[C@@H]4O[C@H](C(=O)O)[C@@H](O)[C@H](O)[C@H]4O)c(NC(=O)CCCC(=O)CCCCCN4C(=O)C=CC4=O)c3)(C1)C2. The molecule has 3 fully saturated rings. The molecule has 29 nitrogen and oxygen atoms in total. The fourth-order valence-electron chi connectivity index (χ4n) is 15.7. The highest BCUT2D eigenvalue weighted by Gasteiger charge is 2.55. The summed E-state index contributed by atoms with van der Waals surface area (Å²) in [7, 11) is 1.61. The number of amides is 5. The van der Waals surface area contributed by atoms with E-state index in [1.54, 1.807) is 55.7 Å². The summed E-state index contributed by atoms with van der Waals surface area (Å²) in [5.74, 6) is -5.07. The lowest BCUT2D eigenvalue weighted by Crippen LogP contribution is -2.61. The van der Waals surface area contributed by atoms with Gasteiger partial charge in [0, 0.05) is 99.1 Å². The van der Waals surface area contributed by atoms with Crippen LogP contribution in [0.2, 0.25) is 0 Å². The van der Waals surface area contributed by atoms with Crippen LogP contribution in [0.3, 0.4) is 0 Å². The summed E-state index contributed by atoms with van der Waals surface area (Å²) in [5.41, 5.74) is 3.68. The van der Waals surface area contributed by atoms with Gasteiger partial charge in [-0.3, -0.25) is 38.9 Å². The first kappa shape index (κ1) is 76.2. The Balaban J connectivity index is 0.696. The van der Waals surface area contributed by atoms with E-state index < -0.39 is 78.7 Å². The second kappa shape index (κ2) is 32.6. The number of benzene rings is 3. The van der Waals surface area contributed by atoms with E-state index in [1.807, 2.05) is 40.8 Å². The van der Waals surface area contributed by atoms with Gasteiger partial charge in [0.15, 0.2) is 23.5 Å². The number of aliphatic hydroxyl groups is 3. The minimum atomic E-state index is -1.98. The summed E-state index contributed by atoms with van der Waals surface area (Å²) in [5, 5.41) is 72.2. The average molecular weight is 1470 g/mol. The number of carbonyl (C=O) groups is 9. The molecule has 2 saturated carbocycles. The van der Waals surface area contributed by atoms with E-state index in [0.29, 0.717) is 95.3 Å². The Kier molecular flexibility index (Phi) is 23.6. The van der Waals surface area contributed by atoms with Gasteiger partial charge in [0.25, 0.3) is 17.7 Å². The highest BCUT2D eigenvalue weighted by molar-refractivity contribution is 7.22. The molecule has 5 aliphatic rings. The number of rotatable bonds is 31. The number of ketones is 1. The van der Waals surface area contributed by atoms with Crippen molar-refractivity contribution in [2.24, 2.45) is 16.7 Å².